The van der Waals surface area contributed by atoms with Gasteiger partial charge in [-0.2, -0.15) is 0 Å². The molecule has 0 bridgehead atoms. The van der Waals surface area contributed by atoms with Crippen molar-refractivity contribution in [1.29, 1.82) is 0 Å². The van der Waals surface area contributed by atoms with Crippen LogP contribution in [0.2, 0.25) is 0 Å². The van der Waals surface area contributed by atoms with Crippen molar-refractivity contribution in [3.63, 3.8) is 0 Å². The molecule has 3 fully saturated rings. The zero-order valence-corrected chi connectivity index (χ0v) is 15.2. The van der Waals surface area contributed by atoms with E-state index in [9.17, 15) is 9.59 Å². The van der Waals surface area contributed by atoms with Gasteiger partial charge in [0.1, 0.15) is 5.54 Å². The van der Waals surface area contributed by atoms with E-state index in [1.165, 1.54) is 30.6 Å². The van der Waals surface area contributed by atoms with Crippen LogP contribution in [0, 0.1) is 5.92 Å². The number of urea groups is 1. The minimum absolute atomic E-state index is 0.0631. The van der Waals surface area contributed by atoms with Gasteiger partial charge in [0.2, 0.25) is 0 Å². The lowest BCUT2D eigenvalue weighted by molar-refractivity contribution is -0.132. The van der Waals surface area contributed by atoms with E-state index in [0.29, 0.717) is 31.6 Å². The molecule has 3 aliphatic rings. The molecule has 1 aliphatic carbocycles. The number of hydrogen-bond donors (Lipinski definition) is 1. The number of ether oxygens (including phenoxy) is 1. The smallest absolute Gasteiger partial charge is 0.325 e. The van der Waals surface area contributed by atoms with E-state index in [-0.39, 0.29) is 18.0 Å². The van der Waals surface area contributed by atoms with E-state index in [4.69, 9.17) is 4.74 Å². The highest BCUT2D eigenvalue weighted by molar-refractivity contribution is 6.07. The molecule has 0 aromatic carbocycles. The third kappa shape index (κ3) is 3.31. The molecule has 1 spiro atoms. The van der Waals surface area contributed by atoms with Gasteiger partial charge in [0.15, 0.2) is 0 Å². The van der Waals surface area contributed by atoms with E-state index >= 15 is 0 Å². The van der Waals surface area contributed by atoms with Crippen molar-refractivity contribution in [2.45, 2.75) is 70.6 Å². The van der Waals surface area contributed by atoms with E-state index in [1.807, 2.05) is 13.8 Å². The van der Waals surface area contributed by atoms with Crippen LogP contribution in [0.25, 0.3) is 0 Å². The third-order valence-corrected chi connectivity index (χ3v) is 5.83. The van der Waals surface area contributed by atoms with Gasteiger partial charge in [-0.25, -0.2) is 4.79 Å². The van der Waals surface area contributed by atoms with Crippen molar-refractivity contribution in [2.24, 2.45) is 5.92 Å². The van der Waals surface area contributed by atoms with Gasteiger partial charge < -0.3 is 10.1 Å². The summed E-state index contributed by atoms with van der Waals surface area (Å²) in [5.74, 6) is 0.589. The quantitative estimate of drug-likeness (QED) is 0.779. The highest BCUT2D eigenvalue weighted by atomic mass is 16.5. The fraction of sp³-hybridized carbons (Fsp3) is 0.889. The van der Waals surface area contributed by atoms with Crippen molar-refractivity contribution >= 4 is 11.9 Å². The molecule has 3 atom stereocenters. The molecular weight excluding hydrogens is 306 g/mol. The zero-order chi connectivity index (χ0) is 17.3. The normalized spacial score (nSPS) is 34.6. The molecule has 136 valence electrons. The summed E-state index contributed by atoms with van der Waals surface area (Å²) in [5.41, 5.74) is -0.709. The second-order valence-corrected chi connectivity index (χ2v) is 7.98. The van der Waals surface area contributed by atoms with Crippen molar-refractivity contribution in [3.05, 3.63) is 0 Å². The van der Waals surface area contributed by atoms with Crippen LogP contribution < -0.4 is 5.32 Å². The van der Waals surface area contributed by atoms with Gasteiger partial charge in [-0.3, -0.25) is 14.6 Å². The number of rotatable bonds is 5. The Morgan fingerprint density at radius 1 is 1.29 bits per heavy atom. The average molecular weight is 337 g/mol. The molecule has 2 aliphatic heterocycles. The minimum Gasteiger partial charge on any atom is -0.377 e. The maximum atomic E-state index is 12.7. The summed E-state index contributed by atoms with van der Waals surface area (Å²) in [6.07, 6.45) is 6.11. The van der Waals surface area contributed by atoms with Crippen molar-refractivity contribution in [1.82, 2.24) is 15.1 Å². The Kier molecular flexibility index (Phi) is 5.16. The van der Waals surface area contributed by atoms with Crippen LogP contribution in [-0.2, 0) is 9.53 Å². The second kappa shape index (κ2) is 7.00. The van der Waals surface area contributed by atoms with Gasteiger partial charge in [0, 0.05) is 25.7 Å². The highest BCUT2D eigenvalue weighted by Crippen LogP contribution is 2.30. The van der Waals surface area contributed by atoms with Crippen molar-refractivity contribution in [3.8, 4) is 0 Å². The van der Waals surface area contributed by atoms with Gasteiger partial charge in [-0.1, -0.05) is 19.8 Å². The summed E-state index contributed by atoms with van der Waals surface area (Å²) < 4.78 is 6.09. The zero-order valence-electron chi connectivity index (χ0n) is 15.2. The molecule has 2 heterocycles. The number of nitrogens with one attached hydrogen (secondary N) is 1. The minimum atomic E-state index is -0.709. The van der Waals surface area contributed by atoms with E-state index in [1.54, 1.807) is 0 Å². The maximum absolute atomic E-state index is 12.7. The van der Waals surface area contributed by atoms with Crippen LogP contribution in [0.4, 0.5) is 4.79 Å². The molecule has 6 nitrogen and oxygen atoms in total. The Morgan fingerprint density at radius 2 is 2.04 bits per heavy atom. The predicted octanol–water partition coefficient (Wildman–Crippen LogP) is 1.99. The topological polar surface area (TPSA) is 61.9 Å². The fourth-order valence-electron chi connectivity index (χ4n) is 4.33. The van der Waals surface area contributed by atoms with Crippen LogP contribution >= 0.6 is 0 Å². The van der Waals surface area contributed by atoms with Gasteiger partial charge in [-0.05, 0) is 39.0 Å². The second-order valence-electron chi connectivity index (χ2n) is 7.98. The monoisotopic (exact) mass is 337 g/mol. The lowest BCUT2D eigenvalue weighted by Gasteiger charge is -2.29. The molecule has 6 heteroatoms. The Morgan fingerprint density at radius 3 is 2.71 bits per heavy atom. The largest absolute Gasteiger partial charge is 0.377 e. The summed E-state index contributed by atoms with van der Waals surface area (Å²) in [6.45, 7) is 9.01. The van der Waals surface area contributed by atoms with Gasteiger partial charge >= 0.3 is 6.03 Å². The molecular formula is C18H31N3O3. The Labute approximate surface area is 144 Å². The number of imide groups is 1. The Hall–Kier alpha value is -1.14. The summed E-state index contributed by atoms with van der Waals surface area (Å²) in [5, 5.41) is 2.94. The first-order valence-electron chi connectivity index (χ1n) is 9.43. The molecule has 1 N–H and O–H groups in total. The highest BCUT2D eigenvalue weighted by Gasteiger charge is 2.55. The fourth-order valence-corrected chi connectivity index (χ4v) is 4.33. The SMILES string of the molecule is CC(C)N1C(=O)N[C@]2(CCN(CCO[C@@H]3CCCC[C@H]3C)C2)C1=O. The Bertz CT molecular complexity index is 496. The van der Waals surface area contributed by atoms with Crippen molar-refractivity contribution in [2.75, 3.05) is 26.2 Å². The molecule has 0 aromatic rings. The number of likely N-dealkylation sites (tertiary alicyclic amines) is 1. The molecule has 0 aromatic heterocycles. The van der Waals surface area contributed by atoms with E-state index in [2.05, 4.69) is 17.1 Å². The number of amides is 3. The van der Waals surface area contributed by atoms with Gasteiger partial charge in [0.05, 0.1) is 12.7 Å². The number of carbonyl (C=O) groups excluding carboxylic acids is 2. The lowest BCUT2D eigenvalue weighted by Crippen LogP contribution is -2.50. The standard InChI is InChI=1S/C18H31N3O3/c1-13(2)21-16(22)18(19-17(21)23)8-9-20(12-18)10-11-24-15-7-5-4-6-14(15)3/h13-15H,4-12H2,1-3H3,(H,19,23)/t14-,15-,18+/m1/s1. The first-order chi connectivity index (χ1) is 11.4. The van der Waals surface area contributed by atoms with Gasteiger partial charge in [-0.15, -0.1) is 0 Å². The Balaban J connectivity index is 1.49. The van der Waals surface area contributed by atoms with E-state index < -0.39 is 5.54 Å². The van der Waals surface area contributed by atoms with Crippen molar-refractivity contribution < 1.29 is 14.3 Å². The lowest BCUT2D eigenvalue weighted by atomic mass is 9.88. The van der Waals surface area contributed by atoms with Crippen LogP contribution in [0.5, 0.6) is 0 Å². The number of carbonyl (C=O) groups is 2. The third-order valence-electron chi connectivity index (χ3n) is 5.83. The van der Waals surface area contributed by atoms with Crippen LogP contribution in [0.3, 0.4) is 0 Å². The van der Waals surface area contributed by atoms with E-state index in [0.717, 1.165) is 13.1 Å². The molecule has 3 amide bonds. The van der Waals surface area contributed by atoms with Crippen LogP contribution in [0.1, 0.15) is 52.9 Å². The first-order valence-corrected chi connectivity index (χ1v) is 9.43. The summed E-state index contributed by atoms with van der Waals surface area (Å²) >= 11 is 0. The van der Waals surface area contributed by atoms with Crippen LogP contribution in [0.15, 0.2) is 0 Å². The summed E-state index contributed by atoms with van der Waals surface area (Å²) in [7, 11) is 0. The van der Waals surface area contributed by atoms with Crippen LogP contribution in [-0.4, -0.2) is 65.7 Å². The molecule has 2 saturated heterocycles. The molecule has 0 radical (unpaired) electrons. The predicted molar refractivity (Wildman–Crippen MR) is 91.7 cm³/mol. The summed E-state index contributed by atoms with van der Waals surface area (Å²) in [6, 6.07) is -0.342. The first kappa shape index (κ1) is 17.7. The molecule has 3 rings (SSSR count). The number of nitrogens with zero attached hydrogens (tertiary/aromatic N) is 2. The maximum Gasteiger partial charge on any atom is 0.325 e. The number of hydrogen-bond acceptors (Lipinski definition) is 4. The molecule has 1 saturated carbocycles. The molecule has 0 unspecified atom stereocenters. The molecule has 24 heavy (non-hydrogen) atoms. The van der Waals surface area contributed by atoms with Gasteiger partial charge in [0.25, 0.3) is 5.91 Å². The average Bonchev–Trinajstić information content (AvgIpc) is 3.03. The summed E-state index contributed by atoms with van der Waals surface area (Å²) in [4.78, 5) is 28.4.